The number of likely N-dealkylation sites (tertiary alicyclic amines) is 1. The van der Waals surface area contributed by atoms with E-state index in [0.29, 0.717) is 25.4 Å². The fourth-order valence-electron chi connectivity index (χ4n) is 2.32. The monoisotopic (exact) mass is 270 g/mol. The van der Waals surface area contributed by atoms with Gasteiger partial charge in [-0.15, -0.1) is 0 Å². The fourth-order valence-corrected chi connectivity index (χ4v) is 2.32. The summed E-state index contributed by atoms with van der Waals surface area (Å²) in [5, 5.41) is 12.0. The Hall–Kier alpha value is -1.26. The summed E-state index contributed by atoms with van der Waals surface area (Å²) >= 11 is 0. The van der Waals surface area contributed by atoms with E-state index in [1.54, 1.807) is 4.90 Å². The molecule has 2 amide bonds. The Morgan fingerprint density at radius 1 is 1.32 bits per heavy atom. The maximum absolute atomic E-state index is 12.0. The average Bonchev–Trinajstić information content (AvgIpc) is 2.36. The molecule has 0 aromatic rings. The van der Waals surface area contributed by atoms with E-state index < -0.39 is 11.9 Å². The second-order valence-corrected chi connectivity index (χ2v) is 5.95. The van der Waals surface area contributed by atoms with Crippen LogP contribution in [0.4, 0.5) is 4.79 Å². The molecule has 0 radical (unpaired) electrons. The Morgan fingerprint density at radius 2 is 2.00 bits per heavy atom. The van der Waals surface area contributed by atoms with Crippen molar-refractivity contribution in [3.63, 3.8) is 0 Å². The third kappa shape index (κ3) is 5.49. The largest absolute Gasteiger partial charge is 0.481 e. The molecule has 5 nitrogen and oxygen atoms in total. The quantitative estimate of drug-likeness (QED) is 0.805. The minimum absolute atomic E-state index is 0.123. The van der Waals surface area contributed by atoms with Crippen molar-refractivity contribution in [2.24, 2.45) is 11.8 Å². The van der Waals surface area contributed by atoms with Crippen LogP contribution in [-0.4, -0.2) is 41.1 Å². The zero-order chi connectivity index (χ0) is 14.4. The predicted octanol–water partition coefficient (Wildman–Crippen LogP) is 2.32. The van der Waals surface area contributed by atoms with Gasteiger partial charge in [-0.2, -0.15) is 0 Å². The molecule has 5 heteroatoms. The SMILES string of the molecule is CC(C)CCC(C)NC(=O)N1CCCC(C(=O)O)C1. The second-order valence-electron chi connectivity index (χ2n) is 5.95. The molecular formula is C14H26N2O3. The van der Waals surface area contributed by atoms with Crippen LogP contribution in [0.15, 0.2) is 0 Å². The number of amides is 2. The lowest BCUT2D eigenvalue weighted by Gasteiger charge is -2.31. The van der Waals surface area contributed by atoms with Gasteiger partial charge in [0.05, 0.1) is 5.92 Å². The van der Waals surface area contributed by atoms with E-state index in [2.05, 4.69) is 19.2 Å². The van der Waals surface area contributed by atoms with Gasteiger partial charge >= 0.3 is 12.0 Å². The molecule has 1 heterocycles. The highest BCUT2D eigenvalue weighted by Crippen LogP contribution is 2.17. The summed E-state index contributed by atoms with van der Waals surface area (Å²) in [7, 11) is 0. The summed E-state index contributed by atoms with van der Waals surface area (Å²) < 4.78 is 0. The van der Waals surface area contributed by atoms with Crippen molar-refractivity contribution in [3.05, 3.63) is 0 Å². The Bertz CT molecular complexity index is 318. The number of aliphatic carboxylic acids is 1. The van der Waals surface area contributed by atoms with Crippen LogP contribution in [0.2, 0.25) is 0 Å². The summed E-state index contributed by atoms with van der Waals surface area (Å²) in [6, 6.07) is 0.0160. The first-order valence-corrected chi connectivity index (χ1v) is 7.18. The average molecular weight is 270 g/mol. The molecule has 2 N–H and O–H groups in total. The van der Waals surface area contributed by atoms with Crippen LogP contribution in [0.5, 0.6) is 0 Å². The van der Waals surface area contributed by atoms with Crippen molar-refractivity contribution < 1.29 is 14.7 Å². The third-order valence-corrected chi connectivity index (χ3v) is 3.60. The van der Waals surface area contributed by atoms with E-state index in [9.17, 15) is 9.59 Å². The van der Waals surface area contributed by atoms with Crippen LogP contribution in [0.3, 0.4) is 0 Å². The van der Waals surface area contributed by atoms with E-state index in [1.807, 2.05) is 6.92 Å². The second kappa shape index (κ2) is 7.36. The molecule has 0 aromatic carbocycles. The lowest BCUT2D eigenvalue weighted by molar-refractivity contribution is -0.143. The molecule has 2 atom stereocenters. The number of hydrogen-bond acceptors (Lipinski definition) is 2. The normalized spacial score (nSPS) is 21.3. The van der Waals surface area contributed by atoms with Gasteiger partial charge in [-0.25, -0.2) is 4.79 Å². The Balaban J connectivity index is 2.38. The highest BCUT2D eigenvalue weighted by molar-refractivity contribution is 5.76. The van der Waals surface area contributed by atoms with E-state index in [0.717, 1.165) is 19.3 Å². The molecule has 1 rings (SSSR count). The van der Waals surface area contributed by atoms with Gasteiger partial charge in [0.25, 0.3) is 0 Å². The van der Waals surface area contributed by atoms with Gasteiger partial charge in [0.15, 0.2) is 0 Å². The molecule has 0 saturated carbocycles. The number of carboxylic acids is 1. The number of hydrogen-bond donors (Lipinski definition) is 2. The summed E-state index contributed by atoms with van der Waals surface area (Å²) in [6.45, 7) is 7.32. The minimum atomic E-state index is -0.801. The molecule has 0 aromatic heterocycles. The number of carbonyl (C=O) groups excluding carboxylic acids is 1. The zero-order valence-electron chi connectivity index (χ0n) is 12.2. The van der Waals surface area contributed by atoms with Crippen LogP contribution >= 0.6 is 0 Å². The standard InChI is InChI=1S/C14H26N2O3/c1-10(2)6-7-11(3)15-14(19)16-8-4-5-12(9-16)13(17)18/h10-12H,4-9H2,1-3H3,(H,15,19)(H,17,18). The number of nitrogens with one attached hydrogen (secondary N) is 1. The maximum Gasteiger partial charge on any atom is 0.317 e. The molecule has 1 saturated heterocycles. The van der Waals surface area contributed by atoms with Crippen molar-refractivity contribution in [2.45, 2.75) is 52.5 Å². The topological polar surface area (TPSA) is 69.6 Å². The van der Waals surface area contributed by atoms with Gasteiger partial charge in [0.1, 0.15) is 0 Å². The Labute approximate surface area is 115 Å². The molecule has 1 aliphatic heterocycles. The van der Waals surface area contributed by atoms with E-state index >= 15 is 0 Å². The van der Waals surface area contributed by atoms with Gasteiger partial charge < -0.3 is 15.3 Å². The Morgan fingerprint density at radius 3 is 2.58 bits per heavy atom. The summed E-state index contributed by atoms with van der Waals surface area (Å²) in [5.74, 6) is -0.582. The summed E-state index contributed by atoms with van der Waals surface area (Å²) in [5.41, 5.74) is 0. The first-order chi connectivity index (χ1) is 8.90. The molecule has 0 spiro atoms. The van der Waals surface area contributed by atoms with Gasteiger partial charge in [0.2, 0.25) is 0 Å². The van der Waals surface area contributed by atoms with E-state index in [1.165, 1.54) is 0 Å². The molecule has 0 aliphatic carbocycles. The van der Waals surface area contributed by atoms with E-state index in [-0.39, 0.29) is 12.1 Å². The minimum Gasteiger partial charge on any atom is -0.481 e. The number of urea groups is 1. The lowest BCUT2D eigenvalue weighted by atomic mass is 9.98. The van der Waals surface area contributed by atoms with Crippen LogP contribution in [0.25, 0.3) is 0 Å². The first kappa shape index (κ1) is 15.8. The molecule has 1 fully saturated rings. The number of nitrogens with zero attached hydrogens (tertiary/aromatic N) is 1. The van der Waals surface area contributed by atoms with Crippen molar-refractivity contribution in [2.75, 3.05) is 13.1 Å². The summed E-state index contributed by atoms with van der Waals surface area (Å²) in [4.78, 5) is 24.6. The van der Waals surface area contributed by atoms with Crippen LogP contribution in [0.1, 0.15) is 46.5 Å². The van der Waals surface area contributed by atoms with Crippen LogP contribution in [0, 0.1) is 11.8 Å². The van der Waals surface area contributed by atoms with Crippen LogP contribution < -0.4 is 5.32 Å². The summed E-state index contributed by atoms with van der Waals surface area (Å²) in [6.07, 6.45) is 3.48. The van der Waals surface area contributed by atoms with Crippen molar-refractivity contribution in [1.29, 1.82) is 0 Å². The van der Waals surface area contributed by atoms with Crippen molar-refractivity contribution in [1.82, 2.24) is 10.2 Å². The molecule has 0 bridgehead atoms. The number of carbonyl (C=O) groups is 2. The van der Waals surface area contributed by atoms with E-state index in [4.69, 9.17) is 5.11 Å². The van der Waals surface area contributed by atoms with Crippen molar-refractivity contribution >= 4 is 12.0 Å². The van der Waals surface area contributed by atoms with Crippen molar-refractivity contribution in [3.8, 4) is 0 Å². The molecule has 1 aliphatic rings. The number of piperidine rings is 1. The lowest BCUT2D eigenvalue weighted by Crippen LogP contribution is -2.49. The Kier molecular flexibility index (Phi) is 6.12. The van der Waals surface area contributed by atoms with Gasteiger partial charge in [0, 0.05) is 19.1 Å². The van der Waals surface area contributed by atoms with Gasteiger partial charge in [-0.1, -0.05) is 13.8 Å². The molecule has 19 heavy (non-hydrogen) atoms. The number of rotatable bonds is 5. The smallest absolute Gasteiger partial charge is 0.317 e. The molecular weight excluding hydrogens is 244 g/mol. The maximum atomic E-state index is 12.0. The fraction of sp³-hybridized carbons (Fsp3) is 0.857. The van der Waals surface area contributed by atoms with Gasteiger partial charge in [-0.3, -0.25) is 4.79 Å². The zero-order valence-corrected chi connectivity index (χ0v) is 12.2. The predicted molar refractivity (Wildman–Crippen MR) is 74.0 cm³/mol. The third-order valence-electron chi connectivity index (χ3n) is 3.60. The number of carboxylic acid groups (broad SMARTS) is 1. The van der Waals surface area contributed by atoms with Gasteiger partial charge in [-0.05, 0) is 38.5 Å². The first-order valence-electron chi connectivity index (χ1n) is 7.18. The molecule has 110 valence electrons. The highest BCUT2D eigenvalue weighted by atomic mass is 16.4. The van der Waals surface area contributed by atoms with Crippen LogP contribution in [-0.2, 0) is 4.79 Å². The molecule has 2 unspecified atom stereocenters. The highest BCUT2D eigenvalue weighted by Gasteiger charge is 2.28.